The van der Waals surface area contributed by atoms with Gasteiger partial charge in [-0.15, -0.1) is 0 Å². The number of carbonyl (C=O) groups excluding carboxylic acids is 1. The fourth-order valence-corrected chi connectivity index (χ4v) is 3.09. The highest BCUT2D eigenvalue weighted by atomic mass is 19.1. The lowest BCUT2D eigenvalue weighted by molar-refractivity contribution is -0.157. The zero-order valence-electron chi connectivity index (χ0n) is 14.0. The molecule has 1 aliphatic rings. The summed E-state index contributed by atoms with van der Waals surface area (Å²) in [7, 11) is 0. The molecule has 2 aromatic rings. The molecule has 1 fully saturated rings. The minimum absolute atomic E-state index is 0.183. The Morgan fingerprint density at radius 3 is 2.76 bits per heavy atom. The Labute approximate surface area is 146 Å². The summed E-state index contributed by atoms with van der Waals surface area (Å²) in [5, 5.41) is 13.9. The number of hydrogen-bond donors (Lipinski definition) is 2. The van der Waals surface area contributed by atoms with Crippen LogP contribution in [0, 0.1) is 5.82 Å². The van der Waals surface area contributed by atoms with E-state index in [0.29, 0.717) is 26.1 Å². The third kappa shape index (κ3) is 4.41. The first-order chi connectivity index (χ1) is 12.1. The fourth-order valence-electron chi connectivity index (χ4n) is 3.09. The summed E-state index contributed by atoms with van der Waals surface area (Å²) in [6, 6.07) is 11.7. The van der Waals surface area contributed by atoms with Crippen molar-refractivity contribution in [3.05, 3.63) is 65.7 Å². The molecular formula is C19H22FN3O2. The van der Waals surface area contributed by atoms with Gasteiger partial charge < -0.3 is 15.3 Å². The molecule has 1 aromatic carbocycles. The van der Waals surface area contributed by atoms with Crippen molar-refractivity contribution in [2.24, 2.45) is 0 Å². The zero-order chi connectivity index (χ0) is 17.7. The zero-order valence-corrected chi connectivity index (χ0v) is 14.0. The minimum atomic E-state index is -1.41. The van der Waals surface area contributed by atoms with Crippen LogP contribution < -0.4 is 5.32 Å². The second kappa shape index (κ2) is 7.72. The maximum atomic E-state index is 13.0. The van der Waals surface area contributed by atoms with Crippen molar-refractivity contribution in [1.29, 1.82) is 0 Å². The number of amides is 1. The topological polar surface area (TPSA) is 65.5 Å². The van der Waals surface area contributed by atoms with Gasteiger partial charge in [0.05, 0.1) is 5.69 Å². The summed E-state index contributed by atoms with van der Waals surface area (Å²) in [5.41, 5.74) is 0.297. The van der Waals surface area contributed by atoms with Crippen LogP contribution in [0.2, 0.25) is 0 Å². The Bertz CT molecular complexity index is 708. The number of carbonyl (C=O) groups is 1. The molecule has 1 saturated heterocycles. The number of likely N-dealkylation sites (tertiary alicyclic amines) is 1. The third-order valence-electron chi connectivity index (χ3n) is 4.44. The van der Waals surface area contributed by atoms with Crippen molar-refractivity contribution in [2.75, 3.05) is 13.1 Å². The summed E-state index contributed by atoms with van der Waals surface area (Å²) in [4.78, 5) is 18.6. The maximum Gasteiger partial charge on any atom is 0.256 e. The predicted octanol–water partition coefficient (Wildman–Crippen LogP) is 1.86. The highest BCUT2D eigenvalue weighted by molar-refractivity contribution is 5.86. The first-order valence-corrected chi connectivity index (χ1v) is 8.44. The van der Waals surface area contributed by atoms with Gasteiger partial charge in [-0.2, -0.15) is 0 Å². The summed E-state index contributed by atoms with van der Waals surface area (Å²) in [6.45, 7) is 1.65. The van der Waals surface area contributed by atoms with E-state index < -0.39 is 5.60 Å². The number of rotatable bonds is 6. The second-order valence-corrected chi connectivity index (χ2v) is 6.41. The summed E-state index contributed by atoms with van der Waals surface area (Å²) in [6.07, 6.45) is 2.87. The van der Waals surface area contributed by atoms with E-state index in [9.17, 15) is 14.3 Å². The highest BCUT2D eigenvalue weighted by Crippen LogP contribution is 2.24. The van der Waals surface area contributed by atoms with Crippen molar-refractivity contribution >= 4 is 5.91 Å². The van der Waals surface area contributed by atoms with Gasteiger partial charge >= 0.3 is 0 Å². The van der Waals surface area contributed by atoms with E-state index >= 15 is 0 Å². The lowest BCUT2D eigenvalue weighted by Gasteiger charge is -2.38. The molecule has 2 N–H and O–H groups in total. The van der Waals surface area contributed by atoms with Crippen molar-refractivity contribution in [1.82, 2.24) is 15.2 Å². The lowest BCUT2D eigenvalue weighted by atomic mass is 9.91. The van der Waals surface area contributed by atoms with Crippen molar-refractivity contribution in [3.8, 4) is 0 Å². The average Bonchev–Trinajstić information content (AvgIpc) is 2.62. The molecule has 0 aliphatic carbocycles. The lowest BCUT2D eigenvalue weighted by Crippen LogP contribution is -2.57. The Kier molecular flexibility index (Phi) is 5.40. The Morgan fingerprint density at radius 2 is 2.04 bits per heavy atom. The first kappa shape index (κ1) is 17.5. The number of nitrogens with one attached hydrogen (secondary N) is 1. The van der Waals surface area contributed by atoms with E-state index in [0.717, 1.165) is 17.7 Å². The number of piperidine rings is 1. The van der Waals surface area contributed by atoms with Crippen molar-refractivity contribution < 1.29 is 14.3 Å². The molecular weight excluding hydrogens is 321 g/mol. The van der Waals surface area contributed by atoms with Crippen molar-refractivity contribution in [2.45, 2.75) is 31.5 Å². The van der Waals surface area contributed by atoms with Gasteiger partial charge in [-0.25, -0.2) is 4.39 Å². The monoisotopic (exact) mass is 343 g/mol. The second-order valence-electron chi connectivity index (χ2n) is 6.41. The number of aromatic nitrogens is 1. The number of benzene rings is 1. The molecule has 1 atom stereocenters. The SMILES string of the molecule is O=C1N(Cc2ccc(F)cc2)CCC[C@@]1(O)CNCc1ccccn1. The van der Waals surface area contributed by atoms with E-state index in [1.807, 2.05) is 18.2 Å². The number of halogens is 1. The van der Waals surface area contributed by atoms with E-state index in [1.165, 1.54) is 12.1 Å². The molecule has 0 radical (unpaired) electrons. The summed E-state index contributed by atoms with van der Waals surface area (Å²) in [5.74, 6) is -0.583. The standard InChI is InChI=1S/C19H22FN3O2/c20-16-7-5-15(6-8-16)13-23-11-3-9-19(25,18(23)24)14-21-12-17-4-1-2-10-22-17/h1-2,4-8,10,21,25H,3,9,11-14H2/t19-/m1/s1. The van der Waals surface area contributed by atoms with Gasteiger partial charge in [0.1, 0.15) is 5.82 Å². The van der Waals surface area contributed by atoms with Crippen LogP contribution in [0.4, 0.5) is 4.39 Å². The molecule has 1 aliphatic heterocycles. The smallest absolute Gasteiger partial charge is 0.256 e. The number of nitrogens with zero attached hydrogens (tertiary/aromatic N) is 2. The van der Waals surface area contributed by atoms with Gasteiger partial charge in [-0.05, 0) is 42.7 Å². The molecule has 5 nitrogen and oxygen atoms in total. The molecule has 25 heavy (non-hydrogen) atoms. The van der Waals surface area contributed by atoms with Gasteiger partial charge in [-0.1, -0.05) is 18.2 Å². The van der Waals surface area contributed by atoms with Gasteiger partial charge in [-0.3, -0.25) is 9.78 Å². The molecule has 0 spiro atoms. The van der Waals surface area contributed by atoms with Crippen LogP contribution in [-0.2, 0) is 17.9 Å². The van der Waals surface area contributed by atoms with Crippen molar-refractivity contribution in [3.63, 3.8) is 0 Å². The normalized spacial score (nSPS) is 20.7. The quantitative estimate of drug-likeness (QED) is 0.840. The van der Waals surface area contributed by atoms with Crippen LogP contribution in [0.5, 0.6) is 0 Å². The van der Waals surface area contributed by atoms with E-state index in [1.54, 1.807) is 23.2 Å². The van der Waals surface area contributed by atoms with Crippen LogP contribution in [-0.4, -0.2) is 39.6 Å². The predicted molar refractivity (Wildman–Crippen MR) is 91.9 cm³/mol. The first-order valence-electron chi connectivity index (χ1n) is 8.44. The molecule has 6 heteroatoms. The highest BCUT2D eigenvalue weighted by Gasteiger charge is 2.41. The molecule has 0 bridgehead atoms. The van der Waals surface area contributed by atoms with E-state index in [4.69, 9.17) is 0 Å². The molecule has 0 saturated carbocycles. The Morgan fingerprint density at radius 1 is 1.24 bits per heavy atom. The van der Waals surface area contributed by atoms with Gasteiger partial charge in [0, 0.05) is 32.4 Å². The van der Waals surface area contributed by atoms with Gasteiger partial charge in [0.25, 0.3) is 5.91 Å². The largest absolute Gasteiger partial charge is 0.379 e. The third-order valence-corrected chi connectivity index (χ3v) is 4.44. The van der Waals surface area contributed by atoms with Crippen LogP contribution in [0.25, 0.3) is 0 Å². The number of pyridine rings is 1. The summed E-state index contributed by atoms with van der Waals surface area (Å²) >= 11 is 0. The minimum Gasteiger partial charge on any atom is -0.379 e. The number of hydrogen-bond acceptors (Lipinski definition) is 4. The van der Waals surface area contributed by atoms with E-state index in [-0.39, 0.29) is 18.3 Å². The van der Waals surface area contributed by atoms with Crippen LogP contribution in [0.3, 0.4) is 0 Å². The van der Waals surface area contributed by atoms with Crippen LogP contribution in [0.1, 0.15) is 24.1 Å². The van der Waals surface area contributed by atoms with Gasteiger partial charge in [0.2, 0.25) is 0 Å². The maximum absolute atomic E-state index is 13.0. The molecule has 132 valence electrons. The van der Waals surface area contributed by atoms with Crippen LogP contribution >= 0.6 is 0 Å². The van der Waals surface area contributed by atoms with E-state index in [2.05, 4.69) is 10.3 Å². The molecule has 3 rings (SSSR count). The van der Waals surface area contributed by atoms with Gasteiger partial charge in [0.15, 0.2) is 5.60 Å². The number of aliphatic hydroxyl groups is 1. The molecule has 2 heterocycles. The Balaban J connectivity index is 1.59. The fraction of sp³-hybridized carbons (Fsp3) is 0.368. The summed E-state index contributed by atoms with van der Waals surface area (Å²) < 4.78 is 13.0. The average molecular weight is 343 g/mol. The van der Waals surface area contributed by atoms with Crippen LogP contribution in [0.15, 0.2) is 48.7 Å². The molecule has 1 aromatic heterocycles. The molecule has 1 amide bonds. The Hall–Kier alpha value is -2.31. The molecule has 0 unspecified atom stereocenters.